The van der Waals surface area contributed by atoms with Crippen molar-refractivity contribution in [3.63, 3.8) is 0 Å². The Kier molecular flexibility index (Phi) is 8.44. The van der Waals surface area contributed by atoms with Crippen molar-refractivity contribution in [1.29, 1.82) is 0 Å². The molecule has 0 saturated heterocycles. The number of aromatic nitrogens is 5. The number of benzene rings is 6. The van der Waals surface area contributed by atoms with E-state index in [-0.39, 0.29) is 5.41 Å². The quantitative estimate of drug-likeness (QED) is 0.161. The number of rotatable bonds is 7. The van der Waals surface area contributed by atoms with E-state index in [1.54, 1.807) is 0 Å². The molecule has 0 atom stereocenters. The summed E-state index contributed by atoms with van der Waals surface area (Å²) in [5.74, 6) is 0. The lowest BCUT2D eigenvalue weighted by molar-refractivity contribution is 0.660. The molecule has 5 heterocycles. The van der Waals surface area contributed by atoms with Gasteiger partial charge >= 0.3 is 0 Å². The Labute approximate surface area is 366 Å². The Balaban J connectivity index is 0.984. The summed E-state index contributed by atoms with van der Waals surface area (Å²) in [6.45, 7) is 4.68. The van der Waals surface area contributed by atoms with Crippen LogP contribution in [0.15, 0.2) is 213 Å². The Morgan fingerprint density at radius 3 is 1.32 bits per heavy atom. The van der Waals surface area contributed by atoms with Crippen LogP contribution < -0.4 is 0 Å². The van der Waals surface area contributed by atoms with Gasteiger partial charge in [0.1, 0.15) is 11.3 Å². The van der Waals surface area contributed by atoms with Crippen LogP contribution in [-0.4, -0.2) is 23.8 Å². The second-order valence-electron chi connectivity index (χ2n) is 16.9. The number of pyridine rings is 3. The summed E-state index contributed by atoms with van der Waals surface area (Å²) >= 11 is 0. The Morgan fingerprint density at radius 1 is 0.333 bits per heavy atom. The first kappa shape index (κ1) is 36.7. The number of nitrogens with zero attached hydrogens (tertiary/aromatic N) is 5. The molecule has 63 heavy (non-hydrogen) atoms. The highest BCUT2D eigenvalue weighted by Gasteiger charge is 2.35. The van der Waals surface area contributed by atoms with E-state index in [4.69, 9.17) is 15.0 Å². The molecule has 0 radical (unpaired) electrons. The molecule has 0 unspecified atom stereocenters. The van der Waals surface area contributed by atoms with Gasteiger partial charge in [0.2, 0.25) is 0 Å². The Morgan fingerprint density at radius 2 is 0.778 bits per heavy atom. The van der Waals surface area contributed by atoms with Gasteiger partial charge in [0.05, 0.1) is 34.2 Å². The van der Waals surface area contributed by atoms with Crippen molar-refractivity contribution in [3.05, 3.63) is 224 Å². The van der Waals surface area contributed by atoms with Crippen LogP contribution >= 0.6 is 0 Å². The van der Waals surface area contributed by atoms with Gasteiger partial charge in [-0.1, -0.05) is 172 Å². The van der Waals surface area contributed by atoms with Crippen molar-refractivity contribution in [3.8, 4) is 89.8 Å². The van der Waals surface area contributed by atoms with Gasteiger partial charge in [-0.2, -0.15) is 0 Å². The fourth-order valence-electron chi connectivity index (χ4n) is 9.61. The molecule has 11 aromatic rings. The lowest BCUT2D eigenvalue weighted by atomic mass is 9.81. The fourth-order valence-corrected chi connectivity index (χ4v) is 9.61. The van der Waals surface area contributed by atoms with E-state index >= 15 is 0 Å². The van der Waals surface area contributed by atoms with E-state index in [0.29, 0.717) is 0 Å². The molecule has 1 aliphatic rings. The second kappa shape index (κ2) is 14.5. The molecule has 0 amide bonds. The average Bonchev–Trinajstić information content (AvgIpc) is 4.00. The smallest absolute Gasteiger partial charge is 0.137 e. The molecule has 0 spiro atoms. The van der Waals surface area contributed by atoms with E-state index in [1.807, 2.05) is 24.3 Å². The van der Waals surface area contributed by atoms with Crippen LogP contribution in [0, 0.1) is 0 Å². The maximum absolute atomic E-state index is 5.41. The Bertz CT molecular complexity index is 3330. The molecule has 0 N–H and O–H groups in total. The van der Waals surface area contributed by atoms with Gasteiger partial charge in [-0.3, -0.25) is 8.80 Å². The number of hydrogen-bond acceptors (Lipinski definition) is 3. The van der Waals surface area contributed by atoms with Gasteiger partial charge in [-0.15, -0.1) is 0 Å². The molecule has 0 aliphatic heterocycles. The molecule has 5 heteroatoms. The van der Waals surface area contributed by atoms with Crippen molar-refractivity contribution in [2.24, 2.45) is 0 Å². The predicted octanol–water partition coefficient (Wildman–Crippen LogP) is 14.4. The lowest BCUT2D eigenvalue weighted by Crippen LogP contribution is -2.14. The van der Waals surface area contributed by atoms with Gasteiger partial charge in [0, 0.05) is 51.2 Å². The number of hydrogen-bond donors (Lipinski definition) is 0. The van der Waals surface area contributed by atoms with Crippen LogP contribution in [0.4, 0.5) is 0 Å². The third kappa shape index (κ3) is 6.12. The molecule has 0 bridgehead atoms. The zero-order chi connectivity index (χ0) is 42.1. The maximum atomic E-state index is 5.41. The topological polar surface area (TPSA) is 47.5 Å². The van der Waals surface area contributed by atoms with E-state index < -0.39 is 0 Å². The van der Waals surface area contributed by atoms with Crippen molar-refractivity contribution < 1.29 is 0 Å². The van der Waals surface area contributed by atoms with E-state index in [9.17, 15) is 0 Å². The highest BCUT2D eigenvalue weighted by Crippen LogP contribution is 2.50. The first-order chi connectivity index (χ1) is 31.0. The van der Waals surface area contributed by atoms with Gasteiger partial charge in [0.25, 0.3) is 0 Å². The maximum Gasteiger partial charge on any atom is 0.137 e. The molecule has 0 saturated carbocycles. The summed E-state index contributed by atoms with van der Waals surface area (Å²) in [5, 5.41) is 0. The Hall–Kier alpha value is -8.15. The summed E-state index contributed by atoms with van der Waals surface area (Å²) in [4.78, 5) is 15.6. The normalized spacial score (nSPS) is 12.7. The first-order valence-corrected chi connectivity index (χ1v) is 21.5. The molecule has 298 valence electrons. The molecule has 5 aromatic heterocycles. The highest BCUT2D eigenvalue weighted by atomic mass is 15.0. The third-order valence-corrected chi connectivity index (χ3v) is 12.8. The fraction of sp³-hybridized carbons (Fsp3) is 0.0517. The molecular weight excluding hydrogens is 767 g/mol. The van der Waals surface area contributed by atoms with E-state index in [1.165, 1.54) is 27.8 Å². The largest absolute Gasteiger partial charge is 0.299 e. The third-order valence-electron chi connectivity index (χ3n) is 12.8. The van der Waals surface area contributed by atoms with E-state index in [0.717, 1.165) is 84.4 Å². The minimum atomic E-state index is -0.112. The average molecular weight is 808 g/mol. The number of imidazole rings is 2. The SMILES string of the molecule is CC1(C)c2ccccc2-c2ccc(-c3cc(-c4ccc(-c5c(-c6ccccc6)nc6ccccn56)cc4)nc(-c4ccc(-c5c(-c6ccccc6)nc6ccccn56)cc4)c3)cc21. The molecule has 1 aliphatic carbocycles. The monoisotopic (exact) mass is 807 g/mol. The van der Waals surface area contributed by atoms with Gasteiger partial charge < -0.3 is 0 Å². The van der Waals surface area contributed by atoms with Crippen LogP contribution in [-0.2, 0) is 5.41 Å². The molecular formula is C58H41N5. The summed E-state index contributed by atoms with van der Waals surface area (Å²) in [7, 11) is 0. The minimum absolute atomic E-state index is 0.112. The minimum Gasteiger partial charge on any atom is -0.299 e. The van der Waals surface area contributed by atoms with E-state index in [2.05, 4.69) is 211 Å². The van der Waals surface area contributed by atoms with Crippen molar-refractivity contribution in [1.82, 2.24) is 23.8 Å². The molecule has 12 rings (SSSR count). The predicted molar refractivity (Wildman–Crippen MR) is 257 cm³/mol. The summed E-state index contributed by atoms with van der Waals surface area (Å²) in [6, 6.07) is 71.1. The van der Waals surface area contributed by atoms with Crippen molar-refractivity contribution in [2.75, 3.05) is 0 Å². The summed E-state index contributed by atoms with van der Waals surface area (Å²) in [5.41, 5.74) is 21.7. The highest BCUT2D eigenvalue weighted by molar-refractivity contribution is 5.87. The van der Waals surface area contributed by atoms with Crippen LogP contribution in [0.1, 0.15) is 25.0 Å². The van der Waals surface area contributed by atoms with Crippen LogP contribution in [0.3, 0.4) is 0 Å². The van der Waals surface area contributed by atoms with Crippen molar-refractivity contribution >= 4 is 11.3 Å². The van der Waals surface area contributed by atoms with Crippen LogP contribution in [0.2, 0.25) is 0 Å². The zero-order valence-electron chi connectivity index (χ0n) is 34.9. The first-order valence-electron chi connectivity index (χ1n) is 21.5. The summed E-state index contributed by atoms with van der Waals surface area (Å²) < 4.78 is 4.36. The molecule has 0 fully saturated rings. The molecule has 6 aromatic carbocycles. The molecule has 5 nitrogen and oxygen atoms in total. The second-order valence-corrected chi connectivity index (χ2v) is 16.9. The van der Waals surface area contributed by atoms with Crippen LogP contribution in [0.25, 0.3) is 101 Å². The van der Waals surface area contributed by atoms with Gasteiger partial charge in [-0.25, -0.2) is 15.0 Å². The zero-order valence-corrected chi connectivity index (χ0v) is 34.9. The standard InChI is InChI=1S/C58H41N5/c1-58(2)48-20-10-9-19-46(48)47-32-31-44(35-49(47)58)45-36-50(38-23-27-42(28-24-38)56-54(40-15-5-3-6-16-40)60-52-21-11-13-33-62(52)56)59-51(37-45)39-25-29-43(30-26-39)57-55(41-17-7-4-8-18-41)61-53-22-12-14-34-63(53)57/h3-37H,1-2H3. The van der Waals surface area contributed by atoms with Crippen LogP contribution in [0.5, 0.6) is 0 Å². The van der Waals surface area contributed by atoms with Gasteiger partial charge in [0.15, 0.2) is 0 Å². The number of fused-ring (bicyclic) bond motifs is 5. The lowest BCUT2D eigenvalue weighted by Gasteiger charge is -2.22. The van der Waals surface area contributed by atoms with Crippen molar-refractivity contribution in [2.45, 2.75) is 19.3 Å². The van der Waals surface area contributed by atoms with Gasteiger partial charge in [-0.05, 0) is 75.8 Å². The summed E-state index contributed by atoms with van der Waals surface area (Å²) in [6.07, 6.45) is 4.18.